The Morgan fingerprint density at radius 2 is 0.946 bits per heavy atom. The van der Waals surface area contributed by atoms with Crippen LogP contribution in [0.2, 0.25) is 0 Å². The number of ether oxygens (including phenoxy) is 1. The molecular formula is C55H40O. The molecule has 1 heteroatoms. The Kier molecular flexibility index (Phi) is 5.67. The molecule has 1 nitrogen and oxygen atoms in total. The second kappa shape index (κ2) is 10.5. The Morgan fingerprint density at radius 1 is 0.393 bits per heavy atom. The van der Waals surface area contributed by atoms with E-state index in [4.69, 9.17) is 4.74 Å². The van der Waals surface area contributed by atoms with Crippen LogP contribution in [0.25, 0.3) is 54.9 Å². The standard InChI is InChI=1S/C55H40O/c1-3-12-40-34(10-1)21-24-48-52(40)56-53-41-13-4-2-11-35(41)22-25-49(53)55(48)45-17-7-5-14-42(45)43-23-20-36(31-50(43)55)39-16-9-19-47-51(39)44-15-6-8-18-46(44)54(47)37-27-32-26-33(29-37)30-38(54)28-32/h1-25,31-33,37-38H,26-30H2. The zero-order valence-electron chi connectivity index (χ0n) is 31.3. The molecule has 1 aliphatic heterocycles. The molecule has 266 valence electrons. The molecular weight excluding hydrogens is 677 g/mol. The van der Waals surface area contributed by atoms with Crippen LogP contribution in [0.3, 0.4) is 0 Å². The van der Waals surface area contributed by atoms with E-state index in [9.17, 15) is 0 Å². The van der Waals surface area contributed by atoms with Gasteiger partial charge in [0.2, 0.25) is 0 Å². The minimum absolute atomic E-state index is 0.143. The number of benzene rings is 8. The average Bonchev–Trinajstić information content (AvgIpc) is 3.71. The van der Waals surface area contributed by atoms with Crippen LogP contribution < -0.4 is 4.74 Å². The highest BCUT2D eigenvalue weighted by Gasteiger charge is 2.62. The van der Waals surface area contributed by atoms with Gasteiger partial charge in [-0.15, -0.1) is 0 Å². The highest BCUT2D eigenvalue weighted by molar-refractivity contribution is 6.01. The van der Waals surface area contributed by atoms with Crippen LogP contribution in [0, 0.1) is 23.7 Å². The fourth-order valence-electron chi connectivity index (χ4n) is 14.0. The fraction of sp³-hybridized carbons (Fsp3) is 0.200. The lowest BCUT2D eigenvalue weighted by atomic mass is 9.43. The Morgan fingerprint density at radius 3 is 1.64 bits per heavy atom. The summed E-state index contributed by atoms with van der Waals surface area (Å²) in [6, 6.07) is 60.3. The highest BCUT2D eigenvalue weighted by atomic mass is 16.5. The molecule has 4 saturated carbocycles. The van der Waals surface area contributed by atoms with Crippen molar-refractivity contribution < 1.29 is 4.74 Å². The van der Waals surface area contributed by atoms with Gasteiger partial charge in [-0.3, -0.25) is 0 Å². The molecule has 2 spiro atoms. The summed E-state index contributed by atoms with van der Waals surface area (Å²) in [6.45, 7) is 0. The molecule has 0 saturated heterocycles. The predicted molar refractivity (Wildman–Crippen MR) is 228 cm³/mol. The van der Waals surface area contributed by atoms with Crippen molar-refractivity contribution in [1.29, 1.82) is 0 Å². The third-order valence-electron chi connectivity index (χ3n) is 15.7. The van der Waals surface area contributed by atoms with Crippen LogP contribution in [0.4, 0.5) is 0 Å². The molecule has 7 aliphatic rings. The maximum absolute atomic E-state index is 7.25. The summed E-state index contributed by atoms with van der Waals surface area (Å²) < 4.78 is 7.25. The van der Waals surface area contributed by atoms with E-state index in [2.05, 4.69) is 158 Å². The number of hydrogen-bond donors (Lipinski definition) is 0. The minimum atomic E-state index is -0.558. The lowest BCUT2D eigenvalue weighted by Gasteiger charge is -2.61. The number of hydrogen-bond acceptors (Lipinski definition) is 1. The molecule has 4 fully saturated rings. The van der Waals surface area contributed by atoms with Gasteiger partial charge in [0, 0.05) is 27.3 Å². The summed E-state index contributed by atoms with van der Waals surface area (Å²) >= 11 is 0. The van der Waals surface area contributed by atoms with Crippen LogP contribution >= 0.6 is 0 Å². The minimum Gasteiger partial charge on any atom is -0.455 e. The zero-order valence-corrected chi connectivity index (χ0v) is 31.3. The monoisotopic (exact) mass is 716 g/mol. The fourth-order valence-corrected chi connectivity index (χ4v) is 14.0. The molecule has 0 aromatic heterocycles. The third-order valence-corrected chi connectivity index (χ3v) is 15.7. The van der Waals surface area contributed by atoms with Crippen molar-refractivity contribution in [2.24, 2.45) is 23.7 Å². The second-order valence-electron chi connectivity index (χ2n) is 17.9. The number of fused-ring (bicyclic) bond motifs is 16. The number of rotatable bonds is 1. The van der Waals surface area contributed by atoms with Crippen molar-refractivity contribution in [2.45, 2.75) is 42.9 Å². The maximum Gasteiger partial charge on any atom is 0.140 e. The Bertz CT molecular complexity index is 2920. The SMILES string of the molecule is c1ccc2c(c1)-c1ccc(-c3cccc4c3-c3ccccc3C43C4CC5CC(C4)CC3C5)cc1C21c2ccc3ccccc3c2Oc2c1ccc1ccccc21. The van der Waals surface area contributed by atoms with Crippen LogP contribution in [0.5, 0.6) is 11.5 Å². The molecule has 0 atom stereocenters. The van der Waals surface area contributed by atoms with Gasteiger partial charge >= 0.3 is 0 Å². The quantitative estimate of drug-likeness (QED) is 0.164. The molecule has 15 rings (SSSR count). The van der Waals surface area contributed by atoms with Gasteiger partial charge in [-0.1, -0.05) is 152 Å². The first-order chi connectivity index (χ1) is 27.7. The molecule has 56 heavy (non-hydrogen) atoms. The summed E-state index contributed by atoms with van der Waals surface area (Å²) in [5.41, 5.74) is 16.2. The molecule has 0 amide bonds. The molecule has 4 bridgehead atoms. The first-order valence-electron chi connectivity index (χ1n) is 20.9. The van der Waals surface area contributed by atoms with Crippen LogP contribution in [0.1, 0.15) is 65.5 Å². The normalized spacial score (nSPS) is 24.8. The third kappa shape index (κ3) is 3.48. The van der Waals surface area contributed by atoms with Crippen molar-refractivity contribution in [1.82, 2.24) is 0 Å². The first kappa shape index (κ1) is 30.3. The summed E-state index contributed by atoms with van der Waals surface area (Å²) in [6.07, 6.45) is 7.06. The molecule has 0 unspecified atom stereocenters. The zero-order chi connectivity index (χ0) is 36.3. The largest absolute Gasteiger partial charge is 0.455 e. The van der Waals surface area contributed by atoms with Crippen molar-refractivity contribution >= 4 is 21.5 Å². The second-order valence-corrected chi connectivity index (χ2v) is 17.9. The van der Waals surface area contributed by atoms with E-state index in [-0.39, 0.29) is 5.41 Å². The summed E-state index contributed by atoms with van der Waals surface area (Å²) in [4.78, 5) is 0. The highest BCUT2D eigenvalue weighted by Crippen LogP contribution is 2.70. The summed E-state index contributed by atoms with van der Waals surface area (Å²) in [7, 11) is 0. The summed E-state index contributed by atoms with van der Waals surface area (Å²) in [5.74, 6) is 5.29. The van der Waals surface area contributed by atoms with Gasteiger partial charge in [0.1, 0.15) is 11.5 Å². The lowest BCUT2D eigenvalue weighted by molar-refractivity contribution is -0.0399. The van der Waals surface area contributed by atoms with Crippen molar-refractivity contribution in [2.75, 3.05) is 0 Å². The van der Waals surface area contributed by atoms with Gasteiger partial charge in [-0.05, 0) is 128 Å². The first-order valence-corrected chi connectivity index (χ1v) is 20.9. The van der Waals surface area contributed by atoms with Crippen LogP contribution in [0.15, 0.2) is 158 Å². The average molecular weight is 717 g/mol. The van der Waals surface area contributed by atoms with Gasteiger partial charge in [0.25, 0.3) is 0 Å². The van der Waals surface area contributed by atoms with E-state index in [0.717, 1.165) is 45.9 Å². The van der Waals surface area contributed by atoms with E-state index in [0.29, 0.717) is 0 Å². The van der Waals surface area contributed by atoms with Crippen molar-refractivity contribution in [3.05, 3.63) is 191 Å². The van der Waals surface area contributed by atoms with E-state index in [1.54, 1.807) is 11.1 Å². The molecule has 0 N–H and O–H groups in total. The van der Waals surface area contributed by atoms with Gasteiger partial charge in [-0.25, -0.2) is 0 Å². The topological polar surface area (TPSA) is 9.23 Å². The lowest BCUT2D eigenvalue weighted by Crippen LogP contribution is -2.55. The molecule has 1 heterocycles. The van der Waals surface area contributed by atoms with Crippen molar-refractivity contribution in [3.63, 3.8) is 0 Å². The van der Waals surface area contributed by atoms with Gasteiger partial charge in [0.05, 0.1) is 5.41 Å². The van der Waals surface area contributed by atoms with E-state index < -0.39 is 5.41 Å². The molecule has 0 radical (unpaired) electrons. The Labute approximate surface area is 327 Å². The van der Waals surface area contributed by atoms with E-state index in [1.807, 2.05) is 0 Å². The molecule has 8 aromatic carbocycles. The van der Waals surface area contributed by atoms with Crippen molar-refractivity contribution in [3.8, 4) is 44.9 Å². The Balaban J connectivity index is 1.07. The van der Waals surface area contributed by atoms with Gasteiger partial charge < -0.3 is 4.74 Å². The van der Waals surface area contributed by atoms with Crippen LogP contribution in [-0.4, -0.2) is 0 Å². The predicted octanol–water partition coefficient (Wildman–Crippen LogP) is 13.9. The van der Waals surface area contributed by atoms with Gasteiger partial charge in [0.15, 0.2) is 0 Å². The molecule has 6 aliphatic carbocycles. The molecule has 8 aromatic rings. The Hall–Kier alpha value is -5.92. The van der Waals surface area contributed by atoms with E-state index in [1.165, 1.54) is 98.5 Å². The van der Waals surface area contributed by atoms with Gasteiger partial charge in [-0.2, -0.15) is 0 Å². The summed E-state index contributed by atoms with van der Waals surface area (Å²) in [5, 5.41) is 4.71. The maximum atomic E-state index is 7.25. The van der Waals surface area contributed by atoms with E-state index >= 15 is 0 Å². The van der Waals surface area contributed by atoms with Crippen LogP contribution in [-0.2, 0) is 10.8 Å². The smallest absolute Gasteiger partial charge is 0.140 e.